The van der Waals surface area contributed by atoms with Gasteiger partial charge in [0.05, 0.1) is 6.61 Å². The van der Waals surface area contributed by atoms with Crippen molar-refractivity contribution in [2.75, 3.05) is 13.2 Å². The summed E-state index contributed by atoms with van der Waals surface area (Å²) >= 11 is 0. The van der Waals surface area contributed by atoms with E-state index in [-0.39, 0.29) is 5.82 Å². The summed E-state index contributed by atoms with van der Waals surface area (Å²) in [5.74, 6) is 0.443. The Bertz CT molecular complexity index is 336. The number of hydrogen-bond donors (Lipinski definition) is 1. The Hall–Kier alpha value is -1.35. The molecule has 0 aliphatic heterocycles. The average Bonchev–Trinajstić information content (AvgIpc) is 2.22. The van der Waals surface area contributed by atoms with Crippen molar-refractivity contribution in [3.8, 4) is 5.75 Å². The quantitative estimate of drug-likeness (QED) is 0.809. The highest BCUT2D eigenvalue weighted by molar-refractivity contribution is 5.57. The van der Waals surface area contributed by atoms with Gasteiger partial charge >= 0.3 is 0 Å². The standard InChI is InChI=1S/C12H16FNO/c1-2-15-12-7-6-11(13)9-10(12)5-3-4-8-14/h3,5-7,9H,2,4,8,14H2,1H3. The topological polar surface area (TPSA) is 35.2 Å². The minimum absolute atomic E-state index is 0.258. The zero-order valence-corrected chi connectivity index (χ0v) is 8.87. The van der Waals surface area contributed by atoms with E-state index in [1.807, 2.05) is 19.1 Å². The van der Waals surface area contributed by atoms with Crippen LogP contribution in [-0.4, -0.2) is 13.2 Å². The fourth-order valence-electron chi connectivity index (χ4n) is 1.24. The first kappa shape index (κ1) is 11.7. The summed E-state index contributed by atoms with van der Waals surface area (Å²) in [6.45, 7) is 3.07. The van der Waals surface area contributed by atoms with Gasteiger partial charge in [0.1, 0.15) is 11.6 Å². The van der Waals surface area contributed by atoms with E-state index in [9.17, 15) is 4.39 Å². The molecule has 0 saturated carbocycles. The summed E-state index contributed by atoms with van der Waals surface area (Å²) in [7, 11) is 0. The highest BCUT2D eigenvalue weighted by Gasteiger charge is 2.01. The fraction of sp³-hybridized carbons (Fsp3) is 0.333. The molecule has 0 bridgehead atoms. The number of benzene rings is 1. The van der Waals surface area contributed by atoms with Crippen LogP contribution in [-0.2, 0) is 0 Å². The first-order valence-corrected chi connectivity index (χ1v) is 5.07. The lowest BCUT2D eigenvalue weighted by atomic mass is 10.1. The highest BCUT2D eigenvalue weighted by atomic mass is 19.1. The lowest BCUT2D eigenvalue weighted by molar-refractivity contribution is 0.339. The van der Waals surface area contributed by atoms with Crippen molar-refractivity contribution in [3.05, 3.63) is 35.7 Å². The molecule has 0 heterocycles. The van der Waals surface area contributed by atoms with Gasteiger partial charge < -0.3 is 10.5 Å². The van der Waals surface area contributed by atoms with Gasteiger partial charge in [-0.3, -0.25) is 0 Å². The van der Waals surface area contributed by atoms with Crippen LogP contribution >= 0.6 is 0 Å². The molecule has 15 heavy (non-hydrogen) atoms. The Morgan fingerprint density at radius 2 is 2.27 bits per heavy atom. The molecule has 0 aliphatic rings. The summed E-state index contributed by atoms with van der Waals surface area (Å²) < 4.78 is 18.4. The van der Waals surface area contributed by atoms with Gasteiger partial charge in [-0.2, -0.15) is 0 Å². The minimum Gasteiger partial charge on any atom is -0.493 e. The van der Waals surface area contributed by atoms with Crippen molar-refractivity contribution in [1.82, 2.24) is 0 Å². The Morgan fingerprint density at radius 1 is 1.47 bits per heavy atom. The minimum atomic E-state index is -0.258. The second-order valence-electron chi connectivity index (χ2n) is 3.09. The van der Waals surface area contributed by atoms with Gasteiger partial charge in [-0.1, -0.05) is 12.2 Å². The van der Waals surface area contributed by atoms with Gasteiger partial charge in [0, 0.05) is 5.56 Å². The first-order chi connectivity index (χ1) is 7.27. The van der Waals surface area contributed by atoms with Crippen molar-refractivity contribution < 1.29 is 9.13 Å². The van der Waals surface area contributed by atoms with Gasteiger partial charge in [0.2, 0.25) is 0 Å². The van der Waals surface area contributed by atoms with Gasteiger partial charge in [-0.05, 0) is 38.1 Å². The normalized spacial score (nSPS) is 10.9. The maximum absolute atomic E-state index is 13.0. The maximum atomic E-state index is 13.0. The summed E-state index contributed by atoms with van der Waals surface area (Å²) in [4.78, 5) is 0. The van der Waals surface area contributed by atoms with Crippen LogP contribution in [0.15, 0.2) is 24.3 Å². The Kier molecular flexibility index (Phi) is 4.84. The largest absolute Gasteiger partial charge is 0.493 e. The van der Waals surface area contributed by atoms with Crippen LogP contribution in [0.5, 0.6) is 5.75 Å². The number of hydrogen-bond acceptors (Lipinski definition) is 2. The lowest BCUT2D eigenvalue weighted by Crippen LogP contribution is -1.96. The molecule has 0 aliphatic carbocycles. The molecule has 2 N–H and O–H groups in total. The van der Waals surface area contributed by atoms with Crippen molar-refractivity contribution in [2.24, 2.45) is 5.73 Å². The number of ether oxygens (including phenoxy) is 1. The van der Waals surface area contributed by atoms with Crippen LogP contribution in [0.25, 0.3) is 6.08 Å². The van der Waals surface area contributed by atoms with Crippen LogP contribution in [0.4, 0.5) is 4.39 Å². The van der Waals surface area contributed by atoms with E-state index >= 15 is 0 Å². The van der Waals surface area contributed by atoms with Crippen molar-refractivity contribution in [3.63, 3.8) is 0 Å². The molecule has 1 aromatic rings. The molecule has 0 aromatic heterocycles. The summed E-state index contributed by atoms with van der Waals surface area (Å²) in [5, 5.41) is 0. The smallest absolute Gasteiger partial charge is 0.126 e. The lowest BCUT2D eigenvalue weighted by Gasteiger charge is -2.06. The van der Waals surface area contributed by atoms with E-state index in [0.717, 1.165) is 12.0 Å². The molecule has 82 valence electrons. The van der Waals surface area contributed by atoms with Crippen LogP contribution in [0, 0.1) is 5.82 Å². The van der Waals surface area contributed by atoms with Crippen LogP contribution in [0.1, 0.15) is 18.9 Å². The Morgan fingerprint density at radius 3 is 2.93 bits per heavy atom. The monoisotopic (exact) mass is 209 g/mol. The summed E-state index contributed by atoms with van der Waals surface area (Å²) in [6.07, 6.45) is 4.53. The van der Waals surface area contributed by atoms with Crippen molar-refractivity contribution in [2.45, 2.75) is 13.3 Å². The predicted octanol–water partition coefficient (Wildman–Crippen LogP) is 2.59. The van der Waals surface area contributed by atoms with E-state index in [1.54, 1.807) is 6.07 Å². The second kappa shape index (κ2) is 6.19. The van der Waals surface area contributed by atoms with Gasteiger partial charge in [-0.25, -0.2) is 4.39 Å². The van der Waals surface area contributed by atoms with Crippen LogP contribution in [0.3, 0.4) is 0 Å². The molecule has 0 saturated heterocycles. The van der Waals surface area contributed by atoms with E-state index in [4.69, 9.17) is 10.5 Å². The molecule has 2 nitrogen and oxygen atoms in total. The van der Waals surface area contributed by atoms with E-state index in [2.05, 4.69) is 0 Å². The van der Waals surface area contributed by atoms with Crippen molar-refractivity contribution in [1.29, 1.82) is 0 Å². The predicted molar refractivity (Wildman–Crippen MR) is 60.3 cm³/mol. The molecule has 0 radical (unpaired) electrons. The van der Waals surface area contributed by atoms with Crippen LogP contribution < -0.4 is 10.5 Å². The molecule has 3 heteroatoms. The number of halogens is 1. The molecule has 1 aromatic carbocycles. The third-order valence-electron chi connectivity index (χ3n) is 1.90. The third kappa shape index (κ3) is 3.72. The zero-order chi connectivity index (χ0) is 11.1. The first-order valence-electron chi connectivity index (χ1n) is 5.07. The number of rotatable bonds is 5. The molecular formula is C12H16FNO. The molecule has 0 amide bonds. The maximum Gasteiger partial charge on any atom is 0.126 e. The van der Waals surface area contributed by atoms with E-state index < -0.39 is 0 Å². The van der Waals surface area contributed by atoms with Gasteiger partial charge in [0.15, 0.2) is 0 Å². The molecule has 0 spiro atoms. The zero-order valence-electron chi connectivity index (χ0n) is 8.87. The van der Waals surface area contributed by atoms with E-state index in [1.165, 1.54) is 12.1 Å². The molecule has 1 rings (SSSR count). The van der Waals surface area contributed by atoms with E-state index in [0.29, 0.717) is 18.9 Å². The third-order valence-corrected chi connectivity index (χ3v) is 1.90. The fourth-order valence-corrected chi connectivity index (χ4v) is 1.24. The van der Waals surface area contributed by atoms with Crippen molar-refractivity contribution >= 4 is 6.08 Å². The summed E-state index contributed by atoms with van der Waals surface area (Å²) in [6, 6.07) is 4.49. The SMILES string of the molecule is CCOc1ccc(F)cc1C=CCCN. The number of nitrogens with two attached hydrogens (primary N) is 1. The Labute approximate surface area is 89.6 Å². The molecule has 0 atom stereocenters. The van der Waals surface area contributed by atoms with Gasteiger partial charge in [-0.15, -0.1) is 0 Å². The molecule has 0 fully saturated rings. The van der Waals surface area contributed by atoms with Gasteiger partial charge in [0.25, 0.3) is 0 Å². The Balaban J connectivity index is 2.86. The summed E-state index contributed by atoms with van der Waals surface area (Å²) in [5.41, 5.74) is 6.12. The average molecular weight is 209 g/mol. The molecule has 0 unspecified atom stereocenters. The molecular weight excluding hydrogens is 193 g/mol. The second-order valence-corrected chi connectivity index (χ2v) is 3.09. The highest BCUT2D eigenvalue weighted by Crippen LogP contribution is 2.21. The van der Waals surface area contributed by atoms with Crippen LogP contribution in [0.2, 0.25) is 0 Å².